The molecule has 2 aliphatic rings. The van der Waals surface area contributed by atoms with Crippen LogP contribution in [-0.2, 0) is 4.79 Å². The first-order chi connectivity index (χ1) is 8.29. The van der Waals surface area contributed by atoms with Crippen molar-refractivity contribution in [2.24, 2.45) is 5.92 Å². The Morgan fingerprint density at radius 3 is 2.47 bits per heavy atom. The van der Waals surface area contributed by atoms with Crippen LogP contribution in [0.3, 0.4) is 0 Å². The third-order valence-electron chi connectivity index (χ3n) is 4.39. The van der Waals surface area contributed by atoms with Crippen molar-refractivity contribution in [2.45, 2.75) is 57.4 Å². The molecule has 1 saturated carbocycles. The number of carbonyl (C=O) groups is 1. The van der Waals surface area contributed by atoms with E-state index in [1.807, 2.05) is 7.05 Å². The van der Waals surface area contributed by atoms with Crippen molar-refractivity contribution in [2.75, 3.05) is 20.1 Å². The molecule has 1 aliphatic carbocycles. The molecule has 0 bridgehead atoms. The third kappa shape index (κ3) is 3.70. The van der Waals surface area contributed by atoms with Crippen LogP contribution in [0.15, 0.2) is 0 Å². The van der Waals surface area contributed by atoms with E-state index >= 15 is 0 Å². The summed E-state index contributed by atoms with van der Waals surface area (Å²) in [5, 5.41) is 3.27. The van der Waals surface area contributed by atoms with Crippen LogP contribution in [0.4, 0.5) is 0 Å². The molecule has 1 saturated heterocycles. The van der Waals surface area contributed by atoms with Gasteiger partial charge in [0.15, 0.2) is 0 Å². The van der Waals surface area contributed by atoms with Gasteiger partial charge in [0.2, 0.25) is 5.91 Å². The van der Waals surface area contributed by atoms with E-state index in [9.17, 15) is 4.79 Å². The van der Waals surface area contributed by atoms with Gasteiger partial charge < -0.3 is 10.2 Å². The van der Waals surface area contributed by atoms with Crippen molar-refractivity contribution in [3.05, 3.63) is 0 Å². The topological polar surface area (TPSA) is 32.3 Å². The van der Waals surface area contributed by atoms with Gasteiger partial charge in [0.1, 0.15) is 0 Å². The molecule has 0 aromatic rings. The lowest BCUT2D eigenvalue weighted by molar-refractivity contribution is -0.131. The zero-order valence-electron chi connectivity index (χ0n) is 11.1. The van der Waals surface area contributed by atoms with Gasteiger partial charge >= 0.3 is 0 Å². The summed E-state index contributed by atoms with van der Waals surface area (Å²) in [6, 6.07) is 0.521. The largest absolute Gasteiger partial charge is 0.341 e. The molecule has 0 aromatic carbocycles. The van der Waals surface area contributed by atoms with Crippen molar-refractivity contribution in [3.63, 3.8) is 0 Å². The third-order valence-corrected chi connectivity index (χ3v) is 4.39. The van der Waals surface area contributed by atoms with Crippen LogP contribution < -0.4 is 5.32 Å². The fourth-order valence-corrected chi connectivity index (χ4v) is 3.17. The van der Waals surface area contributed by atoms with Crippen LogP contribution in [-0.4, -0.2) is 37.0 Å². The van der Waals surface area contributed by atoms with Gasteiger partial charge in [0.25, 0.3) is 0 Å². The Hall–Kier alpha value is -0.570. The number of carbonyl (C=O) groups excluding carboxylic acids is 1. The maximum atomic E-state index is 12.2. The van der Waals surface area contributed by atoms with E-state index in [4.69, 9.17) is 0 Å². The van der Waals surface area contributed by atoms with Gasteiger partial charge in [-0.3, -0.25) is 4.79 Å². The second-order valence-corrected chi connectivity index (χ2v) is 5.68. The van der Waals surface area contributed by atoms with E-state index in [1.165, 1.54) is 38.5 Å². The van der Waals surface area contributed by atoms with Gasteiger partial charge in [-0.25, -0.2) is 0 Å². The molecule has 1 N–H and O–H groups in total. The molecule has 1 amide bonds. The summed E-state index contributed by atoms with van der Waals surface area (Å²) in [7, 11) is 1.99. The number of amides is 1. The van der Waals surface area contributed by atoms with Gasteiger partial charge in [-0.05, 0) is 32.2 Å². The molecule has 0 radical (unpaired) electrons. The molecule has 0 aromatic heterocycles. The summed E-state index contributed by atoms with van der Waals surface area (Å²) in [6.07, 6.45) is 9.87. The van der Waals surface area contributed by atoms with E-state index in [-0.39, 0.29) is 0 Å². The van der Waals surface area contributed by atoms with E-state index in [0.717, 1.165) is 25.9 Å². The number of hydrogen-bond acceptors (Lipinski definition) is 2. The number of rotatable bonds is 3. The van der Waals surface area contributed by atoms with Crippen LogP contribution in [0, 0.1) is 5.92 Å². The van der Waals surface area contributed by atoms with Crippen LogP contribution in [0.2, 0.25) is 0 Å². The standard InChI is InChI=1S/C14H26N2O/c1-15-13-8-9-16(11-13)14(17)10-12-6-4-2-3-5-7-12/h12-13,15H,2-11H2,1H3. The lowest BCUT2D eigenvalue weighted by atomic mass is 9.96. The zero-order valence-corrected chi connectivity index (χ0v) is 11.1. The second kappa shape index (κ2) is 6.39. The second-order valence-electron chi connectivity index (χ2n) is 5.68. The fourth-order valence-electron chi connectivity index (χ4n) is 3.17. The van der Waals surface area contributed by atoms with Crippen LogP contribution in [0.25, 0.3) is 0 Å². The average Bonchev–Trinajstić information content (AvgIpc) is 2.68. The number of likely N-dealkylation sites (N-methyl/N-ethyl adjacent to an activating group) is 1. The number of nitrogens with zero attached hydrogens (tertiary/aromatic N) is 1. The molecule has 1 atom stereocenters. The lowest BCUT2D eigenvalue weighted by Crippen LogP contribution is -2.34. The van der Waals surface area contributed by atoms with E-state index in [1.54, 1.807) is 0 Å². The SMILES string of the molecule is CNC1CCN(C(=O)CC2CCCCCC2)C1. The monoisotopic (exact) mass is 238 g/mol. The highest BCUT2D eigenvalue weighted by Crippen LogP contribution is 2.26. The molecular formula is C14H26N2O. The fraction of sp³-hybridized carbons (Fsp3) is 0.929. The Kier molecular flexibility index (Phi) is 4.84. The normalized spacial score (nSPS) is 27.1. The average molecular weight is 238 g/mol. The van der Waals surface area contributed by atoms with E-state index < -0.39 is 0 Å². The maximum absolute atomic E-state index is 12.2. The summed E-state index contributed by atoms with van der Waals surface area (Å²) in [4.78, 5) is 14.2. The molecule has 0 spiro atoms. The van der Waals surface area contributed by atoms with Gasteiger partial charge in [0.05, 0.1) is 0 Å². The highest BCUT2D eigenvalue weighted by Gasteiger charge is 2.26. The smallest absolute Gasteiger partial charge is 0.222 e. The van der Waals surface area contributed by atoms with Gasteiger partial charge in [0, 0.05) is 25.6 Å². The van der Waals surface area contributed by atoms with E-state index in [0.29, 0.717) is 17.9 Å². The Bertz CT molecular complexity index is 247. The van der Waals surface area contributed by atoms with Gasteiger partial charge in [-0.2, -0.15) is 0 Å². The van der Waals surface area contributed by atoms with Crippen LogP contribution in [0.1, 0.15) is 51.4 Å². The summed E-state index contributed by atoms with van der Waals surface area (Å²) in [5.74, 6) is 1.06. The summed E-state index contributed by atoms with van der Waals surface area (Å²) in [6.45, 7) is 1.87. The first kappa shape index (κ1) is 12.9. The Balaban J connectivity index is 1.76. The van der Waals surface area contributed by atoms with Crippen molar-refractivity contribution in [1.82, 2.24) is 10.2 Å². The highest BCUT2D eigenvalue weighted by molar-refractivity contribution is 5.76. The van der Waals surface area contributed by atoms with Gasteiger partial charge in [-0.1, -0.05) is 25.7 Å². The first-order valence-corrected chi connectivity index (χ1v) is 7.24. The van der Waals surface area contributed by atoms with E-state index in [2.05, 4.69) is 10.2 Å². The Morgan fingerprint density at radius 1 is 1.18 bits per heavy atom. The predicted octanol–water partition coefficient (Wildman–Crippen LogP) is 2.17. The molecule has 2 rings (SSSR count). The summed E-state index contributed by atoms with van der Waals surface area (Å²) < 4.78 is 0. The maximum Gasteiger partial charge on any atom is 0.222 e. The molecule has 1 heterocycles. The minimum atomic E-state index is 0.398. The molecule has 3 nitrogen and oxygen atoms in total. The van der Waals surface area contributed by atoms with Crippen molar-refractivity contribution < 1.29 is 4.79 Å². The van der Waals surface area contributed by atoms with Gasteiger partial charge in [-0.15, -0.1) is 0 Å². The van der Waals surface area contributed by atoms with Crippen molar-refractivity contribution in [3.8, 4) is 0 Å². The number of hydrogen-bond donors (Lipinski definition) is 1. The van der Waals surface area contributed by atoms with Crippen LogP contribution in [0.5, 0.6) is 0 Å². The molecule has 1 aliphatic heterocycles. The highest BCUT2D eigenvalue weighted by atomic mass is 16.2. The molecule has 1 unspecified atom stereocenters. The lowest BCUT2D eigenvalue weighted by Gasteiger charge is -2.20. The summed E-state index contributed by atoms with van der Waals surface area (Å²) in [5.41, 5.74) is 0. The summed E-state index contributed by atoms with van der Waals surface area (Å²) >= 11 is 0. The van der Waals surface area contributed by atoms with Crippen LogP contribution >= 0.6 is 0 Å². The predicted molar refractivity (Wildman–Crippen MR) is 69.9 cm³/mol. The molecule has 98 valence electrons. The molecule has 2 fully saturated rings. The number of nitrogens with one attached hydrogen (secondary N) is 1. The van der Waals surface area contributed by atoms with Crippen molar-refractivity contribution in [1.29, 1.82) is 0 Å². The Morgan fingerprint density at radius 2 is 1.88 bits per heavy atom. The Labute approximate surface area is 105 Å². The molecular weight excluding hydrogens is 212 g/mol. The first-order valence-electron chi connectivity index (χ1n) is 7.24. The van der Waals surface area contributed by atoms with Crippen molar-refractivity contribution >= 4 is 5.91 Å². The molecule has 17 heavy (non-hydrogen) atoms. The number of likely N-dealkylation sites (tertiary alicyclic amines) is 1. The minimum absolute atomic E-state index is 0.398. The minimum Gasteiger partial charge on any atom is -0.341 e. The quantitative estimate of drug-likeness (QED) is 0.764. The molecule has 3 heteroatoms. The zero-order chi connectivity index (χ0) is 12.1.